The molecule has 0 aliphatic heterocycles. The summed E-state index contributed by atoms with van der Waals surface area (Å²) in [5.41, 5.74) is 2.88. The molecule has 0 aliphatic rings. The van der Waals surface area contributed by atoms with Crippen LogP contribution in [0.2, 0.25) is 0 Å². The van der Waals surface area contributed by atoms with E-state index in [2.05, 4.69) is 20.1 Å². The molecule has 4 rings (SSSR count). The lowest BCUT2D eigenvalue weighted by Crippen LogP contribution is -2.38. The highest BCUT2D eigenvalue weighted by molar-refractivity contribution is 5.66. The molecule has 0 bridgehead atoms. The van der Waals surface area contributed by atoms with Crippen molar-refractivity contribution in [3.05, 3.63) is 89.5 Å². The third-order valence-electron chi connectivity index (χ3n) is 5.67. The number of rotatable bonds is 6. The minimum absolute atomic E-state index is 0.0279. The number of aryl methyl sites for hydroxylation is 2. The molecule has 0 spiro atoms. The number of pyridine rings is 1. The normalized spacial score (nSPS) is 14.4. The molecule has 3 heterocycles. The molecular formula is C23H23F2N5O. The second-order valence-electron chi connectivity index (χ2n) is 7.83. The molecule has 1 aromatic carbocycles. The molecule has 0 saturated heterocycles. The Labute approximate surface area is 178 Å². The van der Waals surface area contributed by atoms with Gasteiger partial charge in [-0.05, 0) is 32.0 Å². The van der Waals surface area contributed by atoms with E-state index in [0.717, 1.165) is 34.6 Å². The van der Waals surface area contributed by atoms with E-state index in [0.29, 0.717) is 5.69 Å². The number of aliphatic hydroxyl groups is 1. The van der Waals surface area contributed by atoms with Crippen LogP contribution in [0.3, 0.4) is 0 Å². The molecule has 0 unspecified atom stereocenters. The Kier molecular flexibility index (Phi) is 5.41. The predicted octanol–water partition coefficient (Wildman–Crippen LogP) is 4.25. The monoisotopic (exact) mass is 423 g/mol. The van der Waals surface area contributed by atoms with Gasteiger partial charge in [-0.15, -0.1) is 0 Å². The van der Waals surface area contributed by atoms with Gasteiger partial charge in [-0.25, -0.2) is 18.4 Å². The highest BCUT2D eigenvalue weighted by Crippen LogP contribution is 2.39. The van der Waals surface area contributed by atoms with Crippen molar-refractivity contribution < 1.29 is 13.9 Å². The first-order chi connectivity index (χ1) is 14.8. The maximum atomic E-state index is 14.7. The van der Waals surface area contributed by atoms with Crippen LogP contribution in [0.4, 0.5) is 8.78 Å². The van der Waals surface area contributed by atoms with E-state index in [4.69, 9.17) is 0 Å². The van der Waals surface area contributed by atoms with E-state index in [1.165, 1.54) is 23.4 Å². The van der Waals surface area contributed by atoms with E-state index in [-0.39, 0.29) is 12.1 Å². The van der Waals surface area contributed by atoms with E-state index < -0.39 is 23.2 Å². The van der Waals surface area contributed by atoms with Crippen LogP contribution in [0.15, 0.2) is 55.2 Å². The summed E-state index contributed by atoms with van der Waals surface area (Å²) in [4.78, 5) is 11.7. The molecule has 0 fully saturated rings. The molecule has 4 aromatic rings. The largest absolute Gasteiger partial charge is 0.382 e. The van der Waals surface area contributed by atoms with Crippen LogP contribution < -0.4 is 0 Å². The summed E-state index contributed by atoms with van der Waals surface area (Å²) in [7, 11) is 0. The lowest BCUT2D eigenvalue weighted by Gasteiger charge is -2.34. The number of hydrogen-bond donors (Lipinski definition) is 2. The Balaban J connectivity index is 1.73. The first-order valence-electron chi connectivity index (χ1n) is 9.91. The third-order valence-corrected chi connectivity index (χ3v) is 5.67. The number of halogens is 2. The summed E-state index contributed by atoms with van der Waals surface area (Å²) < 4.78 is 29.6. The van der Waals surface area contributed by atoms with Gasteiger partial charge in [0.05, 0.1) is 6.54 Å². The Bertz CT molecular complexity index is 1190. The fraction of sp³-hybridized carbons (Fsp3) is 0.261. The van der Waals surface area contributed by atoms with Crippen LogP contribution in [0.5, 0.6) is 0 Å². The van der Waals surface area contributed by atoms with Gasteiger partial charge in [-0.1, -0.05) is 19.1 Å². The SMILES string of the molecule is Cc1cc(-c2ccc([C@@H](C)[C@@](O)(Cn3cncn3)c3ccc(F)cc3F)nc2)c(C)[nH]1. The van der Waals surface area contributed by atoms with E-state index in [1.807, 2.05) is 32.0 Å². The second-order valence-corrected chi connectivity index (χ2v) is 7.83. The Morgan fingerprint density at radius 1 is 1.16 bits per heavy atom. The Morgan fingerprint density at radius 2 is 1.97 bits per heavy atom. The topological polar surface area (TPSA) is 79.6 Å². The number of H-pyrrole nitrogens is 1. The molecule has 2 N–H and O–H groups in total. The second kappa shape index (κ2) is 8.03. The lowest BCUT2D eigenvalue weighted by atomic mass is 9.79. The quantitative estimate of drug-likeness (QED) is 0.486. The summed E-state index contributed by atoms with van der Waals surface area (Å²) in [6.45, 7) is 5.67. The van der Waals surface area contributed by atoms with Crippen molar-refractivity contribution in [2.75, 3.05) is 0 Å². The van der Waals surface area contributed by atoms with Crippen molar-refractivity contribution in [3.8, 4) is 11.1 Å². The van der Waals surface area contributed by atoms with Gasteiger partial charge >= 0.3 is 0 Å². The predicted molar refractivity (Wildman–Crippen MR) is 112 cm³/mol. The zero-order valence-electron chi connectivity index (χ0n) is 17.5. The minimum Gasteiger partial charge on any atom is -0.382 e. The molecular weight excluding hydrogens is 400 g/mol. The molecule has 2 atom stereocenters. The number of nitrogens with one attached hydrogen (secondary N) is 1. The number of aromatic amines is 1. The molecule has 8 heteroatoms. The summed E-state index contributed by atoms with van der Waals surface area (Å²) in [6, 6.07) is 8.94. The number of benzene rings is 1. The summed E-state index contributed by atoms with van der Waals surface area (Å²) in [5.74, 6) is -2.17. The average Bonchev–Trinajstić information content (AvgIpc) is 3.36. The Hall–Kier alpha value is -3.39. The van der Waals surface area contributed by atoms with Crippen LogP contribution in [0, 0.1) is 25.5 Å². The first kappa shape index (κ1) is 20.9. The standard InChI is InChI=1S/C23H23F2N5O/c1-14-8-19(16(3)29-14)17-4-7-22(27-10-17)15(2)23(31,11-30-13-26-12-28-30)20-6-5-18(24)9-21(20)25/h4-10,12-13,15,29,31H,11H2,1-3H3/t15-,23+/m1/s1. The number of nitrogens with zero attached hydrogens (tertiary/aromatic N) is 4. The van der Waals surface area contributed by atoms with Gasteiger partial charge in [0, 0.05) is 52.0 Å². The van der Waals surface area contributed by atoms with E-state index >= 15 is 0 Å². The summed E-state index contributed by atoms with van der Waals surface area (Å²) in [6.07, 6.45) is 4.51. The minimum atomic E-state index is -1.74. The first-order valence-corrected chi connectivity index (χ1v) is 9.91. The van der Waals surface area contributed by atoms with E-state index in [9.17, 15) is 13.9 Å². The smallest absolute Gasteiger partial charge is 0.137 e. The molecule has 0 radical (unpaired) electrons. The molecule has 0 amide bonds. The van der Waals surface area contributed by atoms with Crippen molar-refractivity contribution in [2.45, 2.75) is 38.8 Å². The zero-order valence-corrected chi connectivity index (χ0v) is 17.5. The molecule has 31 heavy (non-hydrogen) atoms. The highest BCUT2D eigenvalue weighted by atomic mass is 19.1. The van der Waals surface area contributed by atoms with Gasteiger partial charge in [0.25, 0.3) is 0 Å². The molecule has 3 aromatic heterocycles. The zero-order chi connectivity index (χ0) is 22.2. The molecule has 160 valence electrons. The van der Waals surface area contributed by atoms with Crippen LogP contribution >= 0.6 is 0 Å². The van der Waals surface area contributed by atoms with Gasteiger partial charge in [0.1, 0.15) is 29.9 Å². The van der Waals surface area contributed by atoms with Crippen molar-refractivity contribution in [1.82, 2.24) is 24.7 Å². The van der Waals surface area contributed by atoms with Crippen LogP contribution in [-0.2, 0) is 12.1 Å². The maximum absolute atomic E-state index is 14.7. The molecule has 0 aliphatic carbocycles. The maximum Gasteiger partial charge on any atom is 0.137 e. The van der Waals surface area contributed by atoms with Crippen LogP contribution in [0.1, 0.15) is 35.5 Å². The van der Waals surface area contributed by atoms with Crippen LogP contribution in [-0.4, -0.2) is 29.8 Å². The Morgan fingerprint density at radius 3 is 2.55 bits per heavy atom. The lowest BCUT2D eigenvalue weighted by molar-refractivity contribution is -0.0123. The van der Waals surface area contributed by atoms with Gasteiger partial charge in [-0.3, -0.25) is 4.98 Å². The molecule has 6 nitrogen and oxygen atoms in total. The third kappa shape index (κ3) is 3.98. The number of hydrogen-bond acceptors (Lipinski definition) is 4. The van der Waals surface area contributed by atoms with Gasteiger partial charge < -0.3 is 10.1 Å². The highest BCUT2D eigenvalue weighted by Gasteiger charge is 2.40. The van der Waals surface area contributed by atoms with Crippen molar-refractivity contribution in [3.63, 3.8) is 0 Å². The number of aromatic nitrogens is 5. The van der Waals surface area contributed by atoms with Crippen molar-refractivity contribution >= 4 is 0 Å². The fourth-order valence-electron chi connectivity index (χ4n) is 3.95. The van der Waals surface area contributed by atoms with Crippen molar-refractivity contribution in [1.29, 1.82) is 0 Å². The van der Waals surface area contributed by atoms with Crippen LogP contribution in [0.25, 0.3) is 11.1 Å². The fourth-order valence-corrected chi connectivity index (χ4v) is 3.95. The van der Waals surface area contributed by atoms with Gasteiger partial charge in [0.2, 0.25) is 0 Å². The van der Waals surface area contributed by atoms with E-state index in [1.54, 1.807) is 13.1 Å². The summed E-state index contributed by atoms with van der Waals surface area (Å²) in [5, 5.41) is 15.7. The van der Waals surface area contributed by atoms with Gasteiger partial charge in [0.15, 0.2) is 0 Å². The molecule has 0 saturated carbocycles. The summed E-state index contributed by atoms with van der Waals surface area (Å²) >= 11 is 0. The van der Waals surface area contributed by atoms with Gasteiger partial charge in [-0.2, -0.15) is 5.10 Å². The average molecular weight is 423 g/mol. The van der Waals surface area contributed by atoms with Crippen molar-refractivity contribution in [2.24, 2.45) is 0 Å².